The lowest BCUT2D eigenvalue weighted by atomic mass is 9.93. The molecule has 2 aromatic heterocycles. The van der Waals surface area contributed by atoms with Crippen LogP contribution in [-0.2, 0) is 9.47 Å². The first-order chi connectivity index (χ1) is 13.1. The molecule has 2 amide bonds. The molecule has 0 aromatic carbocycles. The van der Waals surface area contributed by atoms with Gasteiger partial charge in [0.05, 0.1) is 23.7 Å². The van der Waals surface area contributed by atoms with Crippen LogP contribution in [0.15, 0.2) is 17.3 Å². The highest BCUT2D eigenvalue weighted by Crippen LogP contribution is 2.26. The number of fused-ring (bicyclic) bond motifs is 1. The monoisotopic (exact) mass is 407 g/mol. The molecule has 0 spiro atoms. The summed E-state index contributed by atoms with van der Waals surface area (Å²) in [5.41, 5.74) is 0.824. The Morgan fingerprint density at radius 1 is 1.39 bits per heavy atom. The molecule has 1 atom stereocenters. The molecule has 2 heterocycles. The predicted molar refractivity (Wildman–Crippen MR) is 104 cm³/mol. The lowest BCUT2D eigenvalue weighted by Gasteiger charge is -2.26. The topological polar surface area (TPSA) is 98.4 Å². The Morgan fingerprint density at radius 3 is 2.68 bits per heavy atom. The van der Waals surface area contributed by atoms with Crippen LogP contribution in [0.1, 0.15) is 44.1 Å². The van der Waals surface area contributed by atoms with Gasteiger partial charge in [0.1, 0.15) is 5.60 Å². The molecule has 0 bridgehead atoms. The lowest BCUT2D eigenvalue weighted by Crippen LogP contribution is -2.34. The molecule has 2 aromatic rings. The third kappa shape index (κ3) is 4.00. The molecule has 0 unspecified atom stereocenters. The van der Waals surface area contributed by atoms with Gasteiger partial charge in [0.2, 0.25) is 0 Å². The van der Waals surface area contributed by atoms with Crippen molar-refractivity contribution in [3.63, 3.8) is 0 Å². The second-order valence-electron chi connectivity index (χ2n) is 7.44. The third-order valence-electron chi connectivity index (χ3n) is 4.23. The summed E-state index contributed by atoms with van der Waals surface area (Å²) in [4.78, 5) is 34.7. The van der Waals surface area contributed by atoms with Crippen molar-refractivity contribution in [2.75, 3.05) is 19.1 Å². The molecule has 28 heavy (non-hydrogen) atoms. The van der Waals surface area contributed by atoms with E-state index >= 15 is 0 Å². The van der Waals surface area contributed by atoms with Crippen LogP contribution in [0.3, 0.4) is 0 Å². The van der Waals surface area contributed by atoms with E-state index < -0.39 is 17.6 Å². The van der Waals surface area contributed by atoms with Gasteiger partial charge in [-0.05, 0) is 33.6 Å². The summed E-state index contributed by atoms with van der Waals surface area (Å²) in [7, 11) is 3.12. The molecule has 1 aliphatic rings. The van der Waals surface area contributed by atoms with Gasteiger partial charge in [-0.25, -0.2) is 19.3 Å². The van der Waals surface area contributed by atoms with Crippen molar-refractivity contribution in [2.24, 2.45) is 4.99 Å². The van der Waals surface area contributed by atoms with Gasteiger partial charge in [-0.1, -0.05) is 11.6 Å². The number of aromatic nitrogens is 3. The van der Waals surface area contributed by atoms with Crippen LogP contribution in [0.25, 0.3) is 5.65 Å². The van der Waals surface area contributed by atoms with Gasteiger partial charge < -0.3 is 9.47 Å². The molecule has 1 aliphatic carbocycles. The molecule has 0 radical (unpaired) electrons. The largest absolute Gasteiger partial charge is 0.443 e. The van der Waals surface area contributed by atoms with Crippen molar-refractivity contribution in [1.29, 1.82) is 0 Å². The van der Waals surface area contributed by atoms with Crippen molar-refractivity contribution in [3.05, 3.63) is 23.1 Å². The number of halogens is 1. The van der Waals surface area contributed by atoms with E-state index in [2.05, 4.69) is 15.1 Å². The Labute approximate surface area is 167 Å². The molecule has 3 rings (SSSR count). The van der Waals surface area contributed by atoms with Gasteiger partial charge in [0, 0.05) is 20.2 Å². The number of nitrogens with zero attached hydrogens (tertiary/aromatic N) is 5. The minimum atomic E-state index is -0.661. The summed E-state index contributed by atoms with van der Waals surface area (Å²) < 4.78 is 11.9. The van der Waals surface area contributed by atoms with E-state index in [9.17, 15) is 9.59 Å². The van der Waals surface area contributed by atoms with Crippen LogP contribution in [0, 0.1) is 0 Å². The molecule has 0 saturated heterocycles. The second-order valence-corrected chi connectivity index (χ2v) is 7.83. The van der Waals surface area contributed by atoms with Crippen molar-refractivity contribution in [2.45, 2.75) is 45.3 Å². The van der Waals surface area contributed by atoms with Crippen LogP contribution < -0.4 is 4.90 Å². The van der Waals surface area contributed by atoms with Gasteiger partial charge in [0.15, 0.2) is 16.5 Å². The summed E-state index contributed by atoms with van der Waals surface area (Å²) in [5, 5.41) is 4.24. The van der Waals surface area contributed by atoms with Crippen LogP contribution in [0.2, 0.25) is 5.15 Å². The summed E-state index contributed by atoms with van der Waals surface area (Å²) in [5.74, 6) is -0.495. The SMILES string of the molecule is CO[C@H]1CCC1=NC(=O)c1cnc2c(N(C)C(=O)OC(C)(C)C)cc(Cl)nn12. The highest BCUT2D eigenvalue weighted by Gasteiger charge is 2.28. The van der Waals surface area contributed by atoms with Gasteiger partial charge in [0.25, 0.3) is 5.91 Å². The highest BCUT2D eigenvalue weighted by atomic mass is 35.5. The maximum atomic E-state index is 12.6. The fourth-order valence-electron chi connectivity index (χ4n) is 2.71. The molecule has 1 saturated carbocycles. The van der Waals surface area contributed by atoms with E-state index in [-0.39, 0.29) is 17.0 Å². The van der Waals surface area contributed by atoms with E-state index in [0.717, 1.165) is 6.42 Å². The molecule has 9 nitrogen and oxygen atoms in total. The van der Waals surface area contributed by atoms with Crippen LogP contribution in [0.5, 0.6) is 0 Å². The lowest BCUT2D eigenvalue weighted by molar-refractivity contribution is 0.0589. The summed E-state index contributed by atoms with van der Waals surface area (Å²) in [6.45, 7) is 5.31. The minimum absolute atomic E-state index is 0.0935. The number of imidazole rings is 1. The Bertz CT molecular complexity index is 961. The fraction of sp³-hybridized carbons (Fsp3) is 0.500. The highest BCUT2D eigenvalue weighted by molar-refractivity contribution is 6.29. The molecule has 10 heteroatoms. The number of rotatable bonds is 3. The zero-order valence-corrected chi connectivity index (χ0v) is 17.1. The smallest absolute Gasteiger partial charge is 0.414 e. The number of carbonyl (C=O) groups excluding carboxylic acids is 2. The second kappa shape index (κ2) is 7.48. The quantitative estimate of drug-likeness (QED) is 0.775. The van der Waals surface area contributed by atoms with E-state index in [0.29, 0.717) is 23.5 Å². The van der Waals surface area contributed by atoms with E-state index in [4.69, 9.17) is 21.1 Å². The first-order valence-electron chi connectivity index (χ1n) is 8.76. The van der Waals surface area contributed by atoms with Gasteiger partial charge >= 0.3 is 6.09 Å². The van der Waals surface area contributed by atoms with Gasteiger partial charge in [-0.15, -0.1) is 0 Å². The number of aliphatic imine (C=N–C) groups is 1. The Hall–Kier alpha value is -2.52. The average molecular weight is 408 g/mol. The molecular weight excluding hydrogens is 386 g/mol. The molecular formula is C18H22ClN5O4. The number of carbonyl (C=O) groups is 2. The average Bonchev–Trinajstić information content (AvgIpc) is 2.99. The molecule has 0 N–H and O–H groups in total. The fourth-order valence-corrected chi connectivity index (χ4v) is 2.88. The number of hydrogen-bond acceptors (Lipinski definition) is 6. The van der Waals surface area contributed by atoms with Gasteiger partial charge in [-0.3, -0.25) is 9.69 Å². The molecule has 1 fully saturated rings. The minimum Gasteiger partial charge on any atom is -0.443 e. The predicted octanol–water partition coefficient (Wildman–Crippen LogP) is 3.14. The van der Waals surface area contributed by atoms with E-state index in [1.165, 1.54) is 28.7 Å². The zero-order chi connectivity index (χ0) is 20.6. The maximum Gasteiger partial charge on any atom is 0.414 e. The Kier molecular flexibility index (Phi) is 5.40. The van der Waals surface area contributed by atoms with Crippen molar-refractivity contribution in [1.82, 2.24) is 14.6 Å². The number of amides is 2. The summed E-state index contributed by atoms with van der Waals surface area (Å²) in [6.07, 6.45) is 2.20. The number of methoxy groups -OCH3 is 1. The maximum absolute atomic E-state index is 12.6. The van der Waals surface area contributed by atoms with E-state index in [1.54, 1.807) is 27.9 Å². The van der Waals surface area contributed by atoms with E-state index in [1.807, 2.05) is 0 Å². The number of ether oxygens (including phenoxy) is 2. The van der Waals surface area contributed by atoms with Crippen molar-refractivity contribution >= 4 is 40.6 Å². The van der Waals surface area contributed by atoms with Crippen LogP contribution in [0.4, 0.5) is 10.5 Å². The first kappa shape index (κ1) is 20.2. The Morgan fingerprint density at radius 2 is 2.11 bits per heavy atom. The van der Waals surface area contributed by atoms with Crippen LogP contribution >= 0.6 is 11.6 Å². The zero-order valence-electron chi connectivity index (χ0n) is 16.4. The Balaban J connectivity index is 1.97. The third-order valence-corrected chi connectivity index (χ3v) is 4.41. The number of hydrogen-bond donors (Lipinski definition) is 0. The van der Waals surface area contributed by atoms with Gasteiger partial charge in [-0.2, -0.15) is 5.10 Å². The standard InChI is InChI=1S/C18H22ClN5O4/c1-18(2,3)28-17(26)23(4)11-8-14(19)22-24-12(9-20-15(11)24)16(25)21-10-6-7-13(10)27-5/h8-9,13H,6-7H2,1-5H3/t13-/m0/s1. The first-order valence-corrected chi connectivity index (χ1v) is 9.14. The van der Waals surface area contributed by atoms with Crippen LogP contribution in [-0.4, -0.2) is 58.2 Å². The van der Waals surface area contributed by atoms with Crippen molar-refractivity contribution < 1.29 is 19.1 Å². The number of anilines is 1. The summed E-state index contributed by atoms with van der Waals surface area (Å²) >= 11 is 6.12. The normalized spacial score (nSPS) is 18.2. The van der Waals surface area contributed by atoms with Crippen molar-refractivity contribution in [3.8, 4) is 0 Å². The summed E-state index contributed by atoms with van der Waals surface area (Å²) in [6, 6.07) is 1.49. The molecule has 150 valence electrons. The molecule has 0 aliphatic heterocycles.